The molecule has 3 saturated carbocycles. The third-order valence-electron chi connectivity index (χ3n) is 8.00. The standard InChI is InChI=1S/C24H44O2Si/c1-2-3-7-20-24(25)26-27(21-14-8-4-9-15-21,22-16-10-5-11-17-22)23-18-12-6-13-19-23/h21-23H,2-20H2,1H3. The lowest BCUT2D eigenvalue weighted by atomic mass is 9.98. The first-order chi connectivity index (χ1) is 13.3. The summed E-state index contributed by atoms with van der Waals surface area (Å²) < 4.78 is 6.90. The van der Waals surface area contributed by atoms with Crippen LogP contribution in [0.5, 0.6) is 0 Å². The minimum absolute atomic E-state index is 0.192. The van der Waals surface area contributed by atoms with Crippen molar-refractivity contribution in [3.63, 3.8) is 0 Å². The van der Waals surface area contributed by atoms with Crippen LogP contribution in [-0.2, 0) is 9.22 Å². The van der Waals surface area contributed by atoms with Crippen molar-refractivity contribution in [2.45, 2.75) is 146 Å². The molecule has 0 radical (unpaired) electrons. The van der Waals surface area contributed by atoms with Gasteiger partial charge in [-0.3, -0.25) is 4.79 Å². The van der Waals surface area contributed by atoms with Crippen molar-refractivity contribution in [1.29, 1.82) is 0 Å². The highest BCUT2D eigenvalue weighted by molar-refractivity contribution is 6.79. The maximum atomic E-state index is 13.1. The molecule has 3 aliphatic carbocycles. The first-order valence-corrected chi connectivity index (χ1v) is 14.6. The largest absolute Gasteiger partial charge is 0.518 e. The van der Waals surface area contributed by atoms with Crippen molar-refractivity contribution in [1.82, 2.24) is 0 Å². The Bertz CT molecular complexity index is 386. The second kappa shape index (κ2) is 11.0. The molecule has 2 nitrogen and oxygen atoms in total. The molecular weight excluding hydrogens is 348 g/mol. The van der Waals surface area contributed by atoms with Crippen LogP contribution >= 0.6 is 0 Å². The highest BCUT2D eigenvalue weighted by atomic mass is 28.4. The molecule has 0 spiro atoms. The zero-order chi connectivity index (χ0) is 19.0. The number of carbonyl (C=O) groups is 1. The van der Waals surface area contributed by atoms with Crippen LogP contribution in [-0.4, -0.2) is 14.3 Å². The van der Waals surface area contributed by atoms with E-state index >= 15 is 0 Å². The fourth-order valence-corrected chi connectivity index (χ4v) is 13.6. The van der Waals surface area contributed by atoms with Crippen LogP contribution in [0.15, 0.2) is 0 Å². The summed E-state index contributed by atoms with van der Waals surface area (Å²) in [7, 11) is -2.07. The molecule has 3 fully saturated rings. The van der Waals surface area contributed by atoms with Crippen LogP contribution in [0.25, 0.3) is 0 Å². The zero-order valence-corrected chi connectivity index (χ0v) is 19.0. The van der Waals surface area contributed by atoms with E-state index in [1.54, 1.807) is 0 Å². The average molecular weight is 393 g/mol. The van der Waals surface area contributed by atoms with Crippen molar-refractivity contribution in [3.8, 4) is 0 Å². The maximum absolute atomic E-state index is 13.1. The molecule has 27 heavy (non-hydrogen) atoms. The van der Waals surface area contributed by atoms with E-state index in [1.807, 2.05) is 0 Å². The Labute approximate surface area is 169 Å². The van der Waals surface area contributed by atoms with Crippen LogP contribution in [0.3, 0.4) is 0 Å². The molecular formula is C24H44O2Si. The minimum Gasteiger partial charge on any atom is -0.518 e. The van der Waals surface area contributed by atoms with E-state index in [2.05, 4.69) is 6.92 Å². The van der Waals surface area contributed by atoms with Gasteiger partial charge in [0.2, 0.25) is 0 Å². The number of unbranched alkanes of at least 4 members (excludes halogenated alkanes) is 2. The number of hydrogen-bond acceptors (Lipinski definition) is 2. The summed E-state index contributed by atoms with van der Waals surface area (Å²) in [5.41, 5.74) is 2.31. The molecule has 0 unspecified atom stereocenters. The van der Waals surface area contributed by atoms with Gasteiger partial charge in [0.25, 0.3) is 14.3 Å². The predicted molar refractivity (Wildman–Crippen MR) is 116 cm³/mol. The van der Waals surface area contributed by atoms with Gasteiger partial charge in [-0.2, -0.15) is 0 Å². The topological polar surface area (TPSA) is 26.3 Å². The van der Waals surface area contributed by atoms with Gasteiger partial charge in [-0.15, -0.1) is 0 Å². The highest BCUT2D eigenvalue weighted by Gasteiger charge is 2.57. The molecule has 0 heterocycles. The third kappa shape index (κ3) is 5.39. The Morgan fingerprint density at radius 1 is 0.704 bits per heavy atom. The number of rotatable bonds is 8. The molecule has 0 N–H and O–H groups in total. The second-order valence-electron chi connectivity index (χ2n) is 9.79. The van der Waals surface area contributed by atoms with Gasteiger partial charge >= 0.3 is 0 Å². The van der Waals surface area contributed by atoms with E-state index in [1.165, 1.54) is 109 Å². The van der Waals surface area contributed by atoms with Crippen molar-refractivity contribution < 1.29 is 9.22 Å². The smallest absolute Gasteiger partial charge is 0.292 e. The van der Waals surface area contributed by atoms with Crippen molar-refractivity contribution in [2.75, 3.05) is 0 Å². The maximum Gasteiger partial charge on any atom is 0.292 e. The van der Waals surface area contributed by atoms with Gasteiger partial charge in [-0.1, -0.05) is 77.6 Å². The Balaban J connectivity index is 1.85. The Kier molecular flexibility index (Phi) is 8.73. The molecule has 0 aliphatic heterocycles. The van der Waals surface area contributed by atoms with Crippen LogP contribution in [0.1, 0.15) is 129 Å². The highest BCUT2D eigenvalue weighted by Crippen LogP contribution is 2.57. The van der Waals surface area contributed by atoms with Gasteiger partial charge in [-0.05, 0) is 61.6 Å². The molecule has 156 valence electrons. The van der Waals surface area contributed by atoms with E-state index in [4.69, 9.17) is 4.43 Å². The van der Waals surface area contributed by atoms with Crippen molar-refractivity contribution >= 4 is 14.3 Å². The van der Waals surface area contributed by atoms with Gasteiger partial charge in [0.1, 0.15) is 0 Å². The summed E-state index contributed by atoms with van der Waals surface area (Å²) in [6.45, 7) is 2.22. The van der Waals surface area contributed by atoms with Gasteiger partial charge in [-0.25, -0.2) is 0 Å². The molecule has 0 aromatic carbocycles. The third-order valence-corrected chi connectivity index (χ3v) is 14.1. The lowest BCUT2D eigenvalue weighted by molar-refractivity contribution is -0.136. The fraction of sp³-hybridized carbons (Fsp3) is 0.958. The minimum atomic E-state index is -2.07. The molecule has 0 atom stereocenters. The van der Waals surface area contributed by atoms with E-state index in [9.17, 15) is 4.79 Å². The van der Waals surface area contributed by atoms with E-state index in [-0.39, 0.29) is 5.97 Å². The normalized spacial score (nSPS) is 24.0. The van der Waals surface area contributed by atoms with Crippen LogP contribution in [0.2, 0.25) is 16.6 Å². The van der Waals surface area contributed by atoms with Gasteiger partial charge < -0.3 is 4.43 Å². The molecule has 3 heteroatoms. The summed E-state index contributed by atoms with van der Waals surface area (Å²) in [6, 6.07) is 0. The lowest BCUT2D eigenvalue weighted by Gasteiger charge is -2.51. The Morgan fingerprint density at radius 2 is 1.11 bits per heavy atom. The molecule has 0 aromatic heterocycles. The van der Waals surface area contributed by atoms with Gasteiger partial charge in [0, 0.05) is 6.42 Å². The summed E-state index contributed by atoms with van der Waals surface area (Å²) in [6.07, 6.45) is 24.7. The molecule has 0 aromatic rings. The first-order valence-electron chi connectivity index (χ1n) is 12.5. The molecule has 3 rings (SSSR count). The van der Waals surface area contributed by atoms with Gasteiger partial charge in [0.05, 0.1) is 0 Å². The predicted octanol–water partition coefficient (Wildman–Crippen LogP) is 8.06. The number of hydrogen-bond donors (Lipinski definition) is 0. The SMILES string of the molecule is CCCCCC(=O)O[Si](C1CCCCC1)(C1CCCCC1)C1CCCCC1. The average Bonchev–Trinajstić information content (AvgIpc) is 2.74. The molecule has 0 saturated heterocycles. The molecule has 0 bridgehead atoms. The summed E-state index contributed by atoms with van der Waals surface area (Å²) in [5.74, 6) is 0.192. The molecule has 0 amide bonds. The van der Waals surface area contributed by atoms with E-state index in [0.29, 0.717) is 6.42 Å². The summed E-state index contributed by atoms with van der Waals surface area (Å²) in [5, 5.41) is 0. The van der Waals surface area contributed by atoms with Crippen LogP contribution in [0.4, 0.5) is 0 Å². The first kappa shape index (κ1) is 21.4. The van der Waals surface area contributed by atoms with Crippen LogP contribution in [0, 0.1) is 0 Å². The second-order valence-corrected chi connectivity index (χ2v) is 14.2. The van der Waals surface area contributed by atoms with Gasteiger partial charge in [0.15, 0.2) is 0 Å². The van der Waals surface area contributed by atoms with E-state index in [0.717, 1.165) is 23.0 Å². The van der Waals surface area contributed by atoms with E-state index < -0.39 is 8.32 Å². The quantitative estimate of drug-likeness (QED) is 0.308. The van der Waals surface area contributed by atoms with Crippen molar-refractivity contribution in [2.24, 2.45) is 0 Å². The number of carbonyl (C=O) groups excluding carboxylic acids is 1. The Hall–Kier alpha value is -0.313. The summed E-state index contributed by atoms with van der Waals surface area (Å²) in [4.78, 5) is 13.1. The monoisotopic (exact) mass is 392 g/mol. The summed E-state index contributed by atoms with van der Waals surface area (Å²) >= 11 is 0. The molecule has 3 aliphatic rings. The van der Waals surface area contributed by atoms with Crippen LogP contribution < -0.4 is 0 Å². The Morgan fingerprint density at radius 3 is 1.48 bits per heavy atom. The lowest BCUT2D eigenvalue weighted by Crippen LogP contribution is -2.55. The zero-order valence-electron chi connectivity index (χ0n) is 18.0. The fourth-order valence-electron chi connectivity index (χ4n) is 6.68. The van der Waals surface area contributed by atoms with Crippen molar-refractivity contribution in [3.05, 3.63) is 0 Å².